The number of hydrogen-bond acceptors (Lipinski definition) is 3. The molecule has 0 unspecified atom stereocenters. The first-order valence-corrected chi connectivity index (χ1v) is 10.2. The Morgan fingerprint density at radius 3 is 2.61 bits per heavy atom. The molecular formula is C21H29F3N2O2. The topological polar surface area (TPSA) is 41.6 Å². The molecule has 156 valence electrons. The van der Waals surface area contributed by atoms with E-state index in [-0.39, 0.29) is 12.0 Å². The van der Waals surface area contributed by atoms with Crippen molar-refractivity contribution in [2.45, 2.75) is 57.3 Å². The molecule has 1 N–H and O–H groups in total. The molecule has 28 heavy (non-hydrogen) atoms. The van der Waals surface area contributed by atoms with Gasteiger partial charge in [0.1, 0.15) is 0 Å². The third-order valence-electron chi connectivity index (χ3n) is 5.75. The minimum Gasteiger partial charge on any atom is -0.376 e. The van der Waals surface area contributed by atoms with Gasteiger partial charge >= 0.3 is 6.18 Å². The molecule has 7 heteroatoms. The van der Waals surface area contributed by atoms with Crippen LogP contribution in [0.1, 0.15) is 49.7 Å². The Morgan fingerprint density at radius 1 is 1.18 bits per heavy atom. The summed E-state index contributed by atoms with van der Waals surface area (Å²) < 4.78 is 44.9. The molecular weight excluding hydrogens is 369 g/mol. The van der Waals surface area contributed by atoms with E-state index in [1.165, 1.54) is 6.07 Å². The van der Waals surface area contributed by atoms with Crippen LogP contribution >= 0.6 is 0 Å². The zero-order chi connectivity index (χ0) is 20.0. The summed E-state index contributed by atoms with van der Waals surface area (Å²) >= 11 is 0. The van der Waals surface area contributed by atoms with Gasteiger partial charge in [-0.25, -0.2) is 0 Å². The lowest BCUT2D eigenvalue weighted by atomic mass is 9.91. The van der Waals surface area contributed by atoms with Crippen LogP contribution in [0.3, 0.4) is 0 Å². The van der Waals surface area contributed by atoms with Gasteiger partial charge in [-0.2, -0.15) is 13.2 Å². The Morgan fingerprint density at radius 2 is 1.93 bits per heavy atom. The molecule has 3 rings (SSSR count). The summed E-state index contributed by atoms with van der Waals surface area (Å²) in [6.07, 6.45) is 1.11. The molecule has 2 saturated heterocycles. The average molecular weight is 398 g/mol. The molecule has 2 aliphatic rings. The van der Waals surface area contributed by atoms with Crippen molar-refractivity contribution in [3.05, 3.63) is 35.4 Å². The summed E-state index contributed by atoms with van der Waals surface area (Å²) in [5.74, 6) is 0.527. The molecule has 0 bridgehead atoms. The summed E-state index contributed by atoms with van der Waals surface area (Å²) in [5.41, 5.74) is -0.206. The van der Waals surface area contributed by atoms with Crippen LogP contribution in [0.25, 0.3) is 0 Å². The first-order valence-electron chi connectivity index (χ1n) is 10.2. The normalized spacial score (nSPS) is 21.8. The van der Waals surface area contributed by atoms with Crippen LogP contribution in [0, 0.1) is 5.92 Å². The Bertz CT molecular complexity index is 637. The van der Waals surface area contributed by atoms with Crippen molar-refractivity contribution in [2.75, 3.05) is 26.2 Å². The highest BCUT2D eigenvalue weighted by Crippen LogP contribution is 2.33. The fourth-order valence-corrected chi connectivity index (χ4v) is 4.07. The van der Waals surface area contributed by atoms with Gasteiger partial charge in [0, 0.05) is 26.1 Å². The number of nitrogens with one attached hydrogen (secondary N) is 1. The van der Waals surface area contributed by atoms with Crippen molar-refractivity contribution < 1.29 is 22.7 Å². The van der Waals surface area contributed by atoms with E-state index in [1.54, 1.807) is 12.1 Å². The van der Waals surface area contributed by atoms with Gasteiger partial charge in [-0.3, -0.25) is 9.69 Å². The lowest BCUT2D eigenvalue weighted by Crippen LogP contribution is -2.35. The van der Waals surface area contributed by atoms with Crippen LogP contribution in [0.4, 0.5) is 13.2 Å². The SMILES string of the molecule is O=C(CCC1CCN(Cc2ccccc2C(F)(F)F)CC1)NC[C@H]1CCCO1. The highest BCUT2D eigenvalue weighted by Gasteiger charge is 2.33. The van der Waals surface area contributed by atoms with Crippen molar-refractivity contribution in [2.24, 2.45) is 5.92 Å². The Labute approximate surface area is 164 Å². The van der Waals surface area contributed by atoms with E-state index >= 15 is 0 Å². The van der Waals surface area contributed by atoms with Crippen LogP contribution in [0.15, 0.2) is 24.3 Å². The fourth-order valence-electron chi connectivity index (χ4n) is 4.07. The number of carbonyl (C=O) groups excluding carboxylic acids is 1. The van der Waals surface area contributed by atoms with Crippen molar-refractivity contribution in [3.63, 3.8) is 0 Å². The number of rotatable bonds is 7. The maximum atomic E-state index is 13.1. The number of piperidine rings is 1. The largest absolute Gasteiger partial charge is 0.416 e. The van der Waals surface area contributed by atoms with Gasteiger partial charge in [-0.15, -0.1) is 0 Å². The molecule has 0 spiro atoms. The monoisotopic (exact) mass is 398 g/mol. The summed E-state index contributed by atoms with van der Waals surface area (Å²) in [7, 11) is 0. The highest BCUT2D eigenvalue weighted by atomic mass is 19.4. The van der Waals surface area contributed by atoms with E-state index in [4.69, 9.17) is 4.74 Å². The van der Waals surface area contributed by atoms with Crippen LogP contribution in [0.2, 0.25) is 0 Å². The van der Waals surface area contributed by atoms with Gasteiger partial charge < -0.3 is 10.1 Å². The highest BCUT2D eigenvalue weighted by molar-refractivity contribution is 5.75. The van der Waals surface area contributed by atoms with Crippen LogP contribution in [-0.2, 0) is 22.3 Å². The van der Waals surface area contributed by atoms with Crippen LogP contribution in [-0.4, -0.2) is 43.2 Å². The number of likely N-dealkylation sites (tertiary alicyclic amines) is 1. The maximum absolute atomic E-state index is 13.1. The zero-order valence-corrected chi connectivity index (χ0v) is 16.1. The van der Waals surface area contributed by atoms with E-state index < -0.39 is 11.7 Å². The molecule has 2 aliphatic heterocycles. The second-order valence-corrected chi connectivity index (χ2v) is 7.85. The summed E-state index contributed by atoms with van der Waals surface area (Å²) in [6, 6.07) is 5.81. The lowest BCUT2D eigenvalue weighted by molar-refractivity contribution is -0.138. The van der Waals surface area contributed by atoms with Gasteiger partial charge in [0.15, 0.2) is 0 Å². The van der Waals surface area contributed by atoms with E-state index in [0.29, 0.717) is 31.0 Å². The minimum atomic E-state index is -4.31. The molecule has 0 saturated carbocycles. The van der Waals surface area contributed by atoms with Gasteiger partial charge in [-0.05, 0) is 62.7 Å². The van der Waals surface area contributed by atoms with E-state index in [1.807, 2.05) is 0 Å². The number of carbonyl (C=O) groups is 1. The van der Waals surface area contributed by atoms with Crippen LogP contribution in [0.5, 0.6) is 0 Å². The van der Waals surface area contributed by atoms with E-state index in [2.05, 4.69) is 10.2 Å². The number of halogens is 3. The molecule has 0 aromatic heterocycles. The predicted octanol–water partition coefficient (Wildman–Crippen LogP) is 3.99. The zero-order valence-electron chi connectivity index (χ0n) is 16.1. The van der Waals surface area contributed by atoms with Gasteiger partial charge in [0.05, 0.1) is 11.7 Å². The maximum Gasteiger partial charge on any atom is 0.416 e. The number of hydrogen-bond donors (Lipinski definition) is 1. The molecule has 1 aromatic carbocycles. The standard InChI is InChI=1S/C21H29F3N2O2/c22-21(23,24)19-6-2-1-4-17(19)15-26-11-9-16(10-12-26)7-8-20(27)25-14-18-5-3-13-28-18/h1-2,4,6,16,18H,3,5,7-15H2,(H,25,27)/t18-/m1/s1. The molecule has 1 amide bonds. The van der Waals surface area contributed by atoms with Crippen molar-refractivity contribution in [1.29, 1.82) is 0 Å². The minimum absolute atomic E-state index is 0.0667. The Kier molecular flexibility index (Phi) is 7.35. The number of ether oxygens (including phenoxy) is 1. The van der Waals surface area contributed by atoms with Gasteiger partial charge in [0.2, 0.25) is 5.91 Å². The number of alkyl halides is 3. The molecule has 1 aromatic rings. The predicted molar refractivity (Wildman–Crippen MR) is 101 cm³/mol. The van der Waals surface area contributed by atoms with E-state index in [0.717, 1.165) is 57.9 Å². The quantitative estimate of drug-likeness (QED) is 0.755. The molecule has 1 atom stereocenters. The third kappa shape index (κ3) is 6.21. The fraction of sp³-hybridized carbons (Fsp3) is 0.667. The summed E-state index contributed by atoms with van der Waals surface area (Å²) in [4.78, 5) is 14.1. The second kappa shape index (κ2) is 9.74. The molecule has 0 radical (unpaired) electrons. The second-order valence-electron chi connectivity index (χ2n) is 7.85. The molecule has 2 heterocycles. The molecule has 0 aliphatic carbocycles. The number of amides is 1. The van der Waals surface area contributed by atoms with Gasteiger partial charge in [0.25, 0.3) is 0 Å². The third-order valence-corrected chi connectivity index (χ3v) is 5.75. The first kappa shape index (κ1) is 21.1. The van der Waals surface area contributed by atoms with Gasteiger partial charge in [-0.1, -0.05) is 18.2 Å². The lowest BCUT2D eigenvalue weighted by Gasteiger charge is -2.32. The van der Waals surface area contributed by atoms with E-state index in [9.17, 15) is 18.0 Å². The number of benzene rings is 1. The number of nitrogens with zero attached hydrogens (tertiary/aromatic N) is 1. The summed E-state index contributed by atoms with van der Waals surface area (Å²) in [6.45, 7) is 3.25. The molecule has 4 nitrogen and oxygen atoms in total. The van der Waals surface area contributed by atoms with Crippen molar-refractivity contribution in [3.8, 4) is 0 Å². The van der Waals surface area contributed by atoms with Crippen molar-refractivity contribution >= 4 is 5.91 Å². The summed E-state index contributed by atoms with van der Waals surface area (Å²) in [5, 5.41) is 2.95. The smallest absolute Gasteiger partial charge is 0.376 e. The Balaban J connectivity index is 1.37. The van der Waals surface area contributed by atoms with Crippen molar-refractivity contribution in [1.82, 2.24) is 10.2 Å². The average Bonchev–Trinajstić information content (AvgIpc) is 3.19. The van der Waals surface area contributed by atoms with Crippen LogP contribution < -0.4 is 5.32 Å². The Hall–Kier alpha value is -1.60. The molecule has 2 fully saturated rings. The first-order chi connectivity index (χ1) is 13.4.